The molecule has 1 aromatic rings. The van der Waals surface area contributed by atoms with Gasteiger partial charge in [0.2, 0.25) is 5.91 Å². The third kappa shape index (κ3) is 3.97. The summed E-state index contributed by atoms with van der Waals surface area (Å²) in [6.07, 6.45) is 0. The van der Waals surface area contributed by atoms with Gasteiger partial charge >= 0.3 is 0 Å². The molecule has 0 radical (unpaired) electrons. The van der Waals surface area contributed by atoms with E-state index in [0.29, 0.717) is 13.1 Å². The van der Waals surface area contributed by atoms with Crippen LogP contribution < -0.4 is 5.32 Å². The van der Waals surface area contributed by atoms with E-state index in [2.05, 4.69) is 10.3 Å². The summed E-state index contributed by atoms with van der Waals surface area (Å²) in [4.78, 5) is 17.6. The number of thiazole rings is 1. The summed E-state index contributed by atoms with van der Waals surface area (Å²) in [7, 11) is 1.80. The number of aromatic nitrogens is 1. The van der Waals surface area contributed by atoms with Crippen molar-refractivity contribution in [3.8, 4) is 0 Å². The predicted molar refractivity (Wildman–Crippen MR) is 61.9 cm³/mol. The molecule has 0 aliphatic heterocycles. The van der Waals surface area contributed by atoms with Crippen LogP contribution >= 0.6 is 11.3 Å². The lowest BCUT2D eigenvalue weighted by Crippen LogP contribution is -2.35. The highest BCUT2D eigenvalue weighted by atomic mass is 32.1. The van der Waals surface area contributed by atoms with E-state index in [1.807, 2.05) is 19.2 Å². The third-order valence-electron chi connectivity index (χ3n) is 2.02. The van der Waals surface area contributed by atoms with Crippen molar-refractivity contribution in [3.63, 3.8) is 0 Å². The van der Waals surface area contributed by atoms with Crippen molar-refractivity contribution in [1.29, 1.82) is 0 Å². The van der Waals surface area contributed by atoms with Crippen molar-refractivity contribution < 1.29 is 4.79 Å². The summed E-state index contributed by atoms with van der Waals surface area (Å²) in [6.45, 7) is 5.76. The average Bonchev–Trinajstić information content (AvgIpc) is 2.60. The van der Waals surface area contributed by atoms with Crippen LogP contribution in [0.1, 0.15) is 17.6 Å². The van der Waals surface area contributed by atoms with Crippen molar-refractivity contribution in [1.82, 2.24) is 15.2 Å². The number of likely N-dealkylation sites (N-methyl/N-ethyl adjacent to an activating group) is 2. The van der Waals surface area contributed by atoms with Crippen LogP contribution in [0, 0.1) is 6.92 Å². The van der Waals surface area contributed by atoms with Crippen molar-refractivity contribution in [2.45, 2.75) is 20.4 Å². The summed E-state index contributed by atoms with van der Waals surface area (Å²) in [6, 6.07) is 0. The molecule has 0 aliphatic rings. The highest BCUT2D eigenvalue weighted by molar-refractivity contribution is 7.09. The lowest BCUT2D eigenvalue weighted by molar-refractivity contribution is -0.129. The van der Waals surface area contributed by atoms with Crippen LogP contribution in [0.15, 0.2) is 5.38 Å². The summed E-state index contributed by atoms with van der Waals surface area (Å²) in [5.74, 6) is 0.0995. The maximum Gasteiger partial charge on any atom is 0.236 e. The molecule has 0 unspecified atom stereocenters. The Bertz CT molecular complexity index is 324. The number of carbonyl (C=O) groups is 1. The summed E-state index contributed by atoms with van der Waals surface area (Å²) >= 11 is 1.61. The zero-order valence-electron chi connectivity index (χ0n) is 9.41. The highest BCUT2D eigenvalue weighted by Gasteiger charge is 2.09. The minimum atomic E-state index is 0.0995. The maximum atomic E-state index is 11.6. The molecule has 1 N–H and O–H groups in total. The van der Waals surface area contributed by atoms with Gasteiger partial charge in [-0.05, 0) is 13.5 Å². The molecule has 0 bridgehead atoms. The number of hydrogen-bond donors (Lipinski definition) is 1. The Morgan fingerprint density at radius 3 is 2.93 bits per heavy atom. The van der Waals surface area contributed by atoms with E-state index < -0.39 is 0 Å². The number of rotatable bonds is 5. The molecule has 1 rings (SSSR count). The molecule has 0 fully saturated rings. The van der Waals surface area contributed by atoms with Crippen LogP contribution in [-0.4, -0.2) is 35.9 Å². The second kappa shape index (κ2) is 5.82. The van der Waals surface area contributed by atoms with E-state index in [4.69, 9.17) is 0 Å². The minimum absolute atomic E-state index is 0.0995. The SMILES string of the molecule is CCNCC(=O)N(C)Cc1csc(C)n1. The van der Waals surface area contributed by atoms with Gasteiger partial charge in [-0.25, -0.2) is 4.98 Å². The summed E-state index contributed by atoms with van der Waals surface area (Å²) < 4.78 is 0. The number of amides is 1. The molecule has 4 nitrogen and oxygen atoms in total. The molecule has 0 aromatic carbocycles. The van der Waals surface area contributed by atoms with E-state index in [1.165, 1.54) is 0 Å². The molecular weight excluding hydrogens is 210 g/mol. The molecule has 1 heterocycles. The van der Waals surface area contributed by atoms with E-state index in [-0.39, 0.29) is 5.91 Å². The van der Waals surface area contributed by atoms with E-state index in [1.54, 1.807) is 23.3 Å². The van der Waals surface area contributed by atoms with E-state index >= 15 is 0 Å². The minimum Gasteiger partial charge on any atom is -0.339 e. The second-order valence-electron chi connectivity index (χ2n) is 3.39. The lowest BCUT2D eigenvalue weighted by Gasteiger charge is -2.15. The number of aryl methyl sites for hydroxylation is 1. The predicted octanol–water partition coefficient (Wildman–Crippen LogP) is 1.02. The molecule has 5 heteroatoms. The molecule has 84 valence electrons. The lowest BCUT2D eigenvalue weighted by atomic mass is 10.4. The van der Waals surface area contributed by atoms with Crippen molar-refractivity contribution in [3.05, 3.63) is 16.1 Å². The zero-order valence-corrected chi connectivity index (χ0v) is 10.2. The number of carbonyl (C=O) groups excluding carboxylic acids is 1. The van der Waals surface area contributed by atoms with E-state index in [0.717, 1.165) is 17.2 Å². The smallest absolute Gasteiger partial charge is 0.236 e. The normalized spacial score (nSPS) is 10.3. The van der Waals surface area contributed by atoms with Gasteiger partial charge in [-0.1, -0.05) is 6.92 Å². The van der Waals surface area contributed by atoms with Gasteiger partial charge in [0.25, 0.3) is 0 Å². The molecule has 1 amide bonds. The zero-order chi connectivity index (χ0) is 11.3. The maximum absolute atomic E-state index is 11.6. The first-order valence-electron chi connectivity index (χ1n) is 4.99. The van der Waals surface area contributed by atoms with Gasteiger partial charge in [0, 0.05) is 12.4 Å². The first kappa shape index (κ1) is 12.1. The van der Waals surface area contributed by atoms with E-state index in [9.17, 15) is 4.79 Å². The molecular formula is C10H17N3OS. The molecule has 0 spiro atoms. The Balaban J connectivity index is 2.41. The Labute approximate surface area is 94.3 Å². The molecule has 0 aliphatic carbocycles. The highest BCUT2D eigenvalue weighted by Crippen LogP contribution is 2.09. The number of nitrogens with one attached hydrogen (secondary N) is 1. The fraction of sp³-hybridized carbons (Fsp3) is 0.600. The van der Waals surface area contributed by atoms with Gasteiger partial charge < -0.3 is 10.2 Å². The van der Waals surface area contributed by atoms with Gasteiger partial charge in [-0.15, -0.1) is 11.3 Å². The Kier molecular flexibility index (Phi) is 4.71. The first-order valence-corrected chi connectivity index (χ1v) is 5.87. The Morgan fingerprint density at radius 2 is 2.40 bits per heavy atom. The molecule has 0 atom stereocenters. The topological polar surface area (TPSA) is 45.2 Å². The molecule has 1 aromatic heterocycles. The van der Waals surface area contributed by atoms with Gasteiger partial charge in [0.05, 0.1) is 23.8 Å². The van der Waals surface area contributed by atoms with Crippen LogP contribution in [0.25, 0.3) is 0 Å². The third-order valence-corrected chi connectivity index (χ3v) is 2.84. The summed E-state index contributed by atoms with van der Waals surface area (Å²) in [5, 5.41) is 6.04. The van der Waals surface area contributed by atoms with Crippen LogP contribution in [0.2, 0.25) is 0 Å². The average molecular weight is 227 g/mol. The number of hydrogen-bond acceptors (Lipinski definition) is 4. The van der Waals surface area contributed by atoms with Crippen molar-refractivity contribution in [2.24, 2.45) is 0 Å². The Morgan fingerprint density at radius 1 is 1.67 bits per heavy atom. The van der Waals surface area contributed by atoms with Gasteiger partial charge in [-0.2, -0.15) is 0 Å². The Hall–Kier alpha value is -0.940. The second-order valence-corrected chi connectivity index (χ2v) is 4.45. The largest absolute Gasteiger partial charge is 0.339 e. The van der Waals surface area contributed by atoms with Crippen molar-refractivity contribution >= 4 is 17.2 Å². The quantitative estimate of drug-likeness (QED) is 0.817. The molecule has 0 saturated heterocycles. The number of nitrogens with zero attached hydrogens (tertiary/aromatic N) is 2. The fourth-order valence-electron chi connectivity index (χ4n) is 1.18. The van der Waals surface area contributed by atoms with Crippen molar-refractivity contribution in [2.75, 3.05) is 20.1 Å². The van der Waals surface area contributed by atoms with Crippen LogP contribution in [0.5, 0.6) is 0 Å². The van der Waals surface area contributed by atoms with Crippen LogP contribution in [0.4, 0.5) is 0 Å². The fourth-order valence-corrected chi connectivity index (χ4v) is 1.78. The van der Waals surface area contributed by atoms with Crippen LogP contribution in [-0.2, 0) is 11.3 Å². The summed E-state index contributed by atoms with van der Waals surface area (Å²) in [5.41, 5.74) is 0.963. The monoisotopic (exact) mass is 227 g/mol. The molecule has 0 saturated carbocycles. The van der Waals surface area contributed by atoms with Gasteiger partial charge in [-0.3, -0.25) is 4.79 Å². The molecule has 15 heavy (non-hydrogen) atoms. The first-order chi connectivity index (χ1) is 7.13. The van der Waals surface area contributed by atoms with Gasteiger partial charge in [0.1, 0.15) is 0 Å². The van der Waals surface area contributed by atoms with Gasteiger partial charge in [0.15, 0.2) is 0 Å². The van der Waals surface area contributed by atoms with Crippen LogP contribution in [0.3, 0.4) is 0 Å². The standard InChI is InChI=1S/C10H17N3OS/c1-4-11-5-10(14)13(3)6-9-7-15-8(2)12-9/h7,11H,4-6H2,1-3H3.